The van der Waals surface area contributed by atoms with Gasteiger partial charge in [-0.1, -0.05) is 18.2 Å². The van der Waals surface area contributed by atoms with E-state index in [1.165, 1.54) is 0 Å². The van der Waals surface area contributed by atoms with E-state index >= 15 is 0 Å². The van der Waals surface area contributed by atoms with Crippen LogP contribution in [-0.2, 0) is 0 Å². The van der Waals surface area contributed by atoms with E-state index in [9.17, 15) is 4.79 Å². The van der Waals surface area contributed by atoms with Crippen molar-refractivity contribution in [3.05, 3.63) is 47.9 Å². The Morgan fingerprint density at radius 3 is 2.94 bits per heavy atom. The first-order chi connectivity index (χ1) is 8.75. The Morgan fingerprint density at radius 1 is 1.33 bits per heavy atom. The molecule has 3 rings (SSSR count). The first kappa shape index (κ1) is 10.6. The second kappa shape index (κ2) is 4.03. The van der Waals surface area contributed by atoms with Crippen molar-refractivity contribution in [2.75, 3.05) is 5.32 Å². The number of benzene rings is 1. The molecule has 3 N–H and O–H groups in total. The molecule has 0 atom stereocenters. The molecule has 0 aliphatic rings. The highest BCUT2D eigenvalue weighted by atomic mass is 16.1. The van der Waals surface area contributed by atoms with Gasteiger partial charge in [0.25, 0.3) is 5.91 Å². The normalized spacial score (nSPS) is 10.7. The van der Waals surface area contributed by atoms with E-state index in [-0.39, 0.29) is 5.91 Å². The summed E-state index contributed by atoms with van der Waals surface area (Å²) >= 11 is 0. The second-order valence-corrected chi connectivity index (χ2v) is 4.11. The van der Waals surface area contributed by atoms with Gasteiger partial charge in [0.15, 0.2) is 0 Å². The number of amides is 1. The Labute approximate surface area is 103 Å². The SMILES string of the molecule is Cc1[nH]c2ccccc2c1C(=O)Nc1cn[nH]c1. The van der Waals surface area contributed by atoms with Gasteiger partial charge in [0, 0.05) is 22.8 Å². The number of para-hydroxylation sites is 1. The zero-order valence-corrected chi connectivity index (χ0v) is 9.82. The molecule has 1 amide bonds. The lowest BCUT2D eigenvalue weighted by Gasteiger charge is -2.02. The minimum absolute atomic E-state index is 0.133. The van der Waals surface area contributed by atoms with Gasteiger partial charge in [0.05, 0.1) is 17.4 Å². The molecule has 90 valence electrons. The van der Waals surface area contributed by atoms with Crippen LogP contribution >= 0.6 is 0 Å². The zero-order valence-electron chi connectivity index (χ0n) is 9.82. The summed E-state index contributed by atoms with van der Waals surface area (Å²) in [5, 5.41) is 10.2. The fourth-order valence-electron chi connectivity index (χ4n) is 2.08. The van der Waals surface area contributed by atoms with E-state index in [2.05, 4.69) is 20.5 Å². The van der Waals surface area contributed by atoms with E-state index in [0.29, 0.717) is 11.3 Å². The molecule has 5 heteroatoms. The molecule has 0 saturated carbocycles. The van der Waals surface area contributed by atoms with Crippen LogP contribution in [-0.4, -0.2) is 21.1 Å². The maximum Gasteiger partial charge on any atom is 0.258 e. The lowest BCUT2D eigenvalue weighted by atomic mass is 10.1. The van der Waals surface area contributed by atoms with Crippen molar-refractivity contribution in [1.29, 1.82) is 0 Å². The number of aryl methyl sites for hydroxylation is 1. The highest BCUT2D eigenvalue weighted by molar-refractivity contribution is 6.13. The van der Waals surface area contributed by atoms with Gasteiger partial charge < -0.3 is 10.3 Å². The van der Waals surface area contributed by atoms with Gasteiger partial charge in [-0.15, -0.1) is 0 Å². The standard InChI is InChI=1S/C13H12N4O/c1-8-12(10-4-2-3-5-11(10)16-8)13(18)17-9-6-14-15-7-9/h2-7,16H,1H3,(H,14,15)(H,17,18). The number of hydrogen-bond donors (Lipinski definition) is 3. The first-order valence-electron chi connectivity index (χ1n) is 5.63. The van der Waals surface area contributed by atoms with Gasteiger partial charge in [-0.25, -0.2) is 0 Å². The highest BCUT2D eigenvalue weighted by Gasteiger charge is 2.15. The lowest BCUT2D eigenvalue weighted by Crippen LogP contribution is -2.12. The molecule has 1 aromatic carbocycles. The quantitative estimate of drug-likeness (QED) is 0.643. The third-order valence-electron chi connectivity index (χ3n) is 2.88. The molecule has 0 aliphatic carbocycles. The number of rotatable bonds is 2. The molecule has 0 aliphatic heterocycles. The van der Waals surface area contributed by atoms with E-state index < -0.39 is 0 Å². The molecular weight excluding hydrogens is 228 g/mol. The largest absolute Gasteiger partial charge is 0.358 e. The highest BCUT2D eigenvalue weighted by Crippen LogP contribution is 2.22. The van der Waals surface area contributed by atoms with Gasteiger partial charge in [0.1, 0.15) is 0 Å². The fraction of sp³-hybridized carbons (Fsp3) is 0.0769. The smallest absolute Gasteiger partial charge is 0.258 e. The molecule has 0 saturated heterocycles. The number of aromatic amines is 2. The van der Waals surface area contributed by atoms with Gasteiger partial charge in [-0.3, -0.25) is 9.89 Å². The molecule has 2 aromatic heterocycles. The van der Waals surface area contributed by atoms with Crippen LogP contribution in [0.3, 0.4) is 0 Å². The molecule has 0 radical (unpaired) electrons. The predicted octanol–water partition coefficient (Wildman–Crippen LogP) is 2.45. The molecule has 5 nitrogen and oxygen atoms in total. The summed E-state index contributed by atoms with van der Waals surface area (Å²) in [6.45, 7) is 1.89. The third kappa shape index (κ3) is 1.66. The summed E-state index contributed by atoms with van der Waals surface area (Å²) in [5.74, 6) is -0.133. The molecule has 0 bridgehead atoms. The van der Waals surface area contributed by atoms with Gasteiger partial charge in [-0.05, 0) is 13.0 Å². The van der Waals surface area contributed by atoms with Crippen molar-refractivity contribution < 1.29 is 4.79 Å². The van der Waals surface area contributed by atoms with Crippen molar-refractivity contribution in [3.63, 3.8) is 0 Å². The van der Waals surface area contributed by atoms with Gasteiger partial charge >= 0.3 is 0 Å². The number of nitrogens with zero attached hydrogens (tertiary/aromatic N) is 1. The van der Waals surface area contributed by atoms with E-state index in [1.54, 1.807) is 12.4 Å². The molecule has 0 unspecified atom stereocenters. The topological polar surface area (TPSA) is 73.6 Å². The summed E-state index contributed by atoms with van der Waals surface area (Å²) in [7, 11) is 0. The minimum atomic E-state index is -0.133. The van der Waals surface area contributed by atoms with Crippen LogP contribution in [0.5, 0.6) is 0 Å². The van der Waals surface area contributed by atoms with Crippen LogP contribution in [0, 0.1) is 6.92 Å². The van der Waals surface area contributed by atoms with Crippen LogP contribution < -0.4 is 5.32 Å². The van der Waals surface area contributed by atoms with E-state index in [0.717, 1.165) is 16.6 Å². The Bertz CT molecular complexity index is 697. The average molecular weight is 240 g/mol. The summed E-state index contributed by atoms with van der Waals surface area (Å²) in [4.78, 5) is 15.4. The Kier molecular flexibility index (Phi) is 2.37. The third-order valence-corrected chi connectivity index (χ3v) is 2.88. The molecule has 3 aromatic rings. The Morgan fingerprint density at radius 2 is 2.17 bits per heavy atom. The van der Waals surface area contributed by atoms with Gasteiger partial charge in [0.2, 0.25) is 0 Å². The van der Waals surface area contributed by atoms with Crippen LogP contribution in [0.2, 0.25) is 0 Å². The zero-order chi connectivity index (χ0) is 12.5. The van der Waals surface area contributed by atoms with Crippen molar-refractivity contribution >= 4 is 22.5 Å². The average Bonchev–Trinajstić information content (AvgIpc) is 2.94. The van der Waals surface area contributed by atoms with Crippen molar-refractivity contribution in [2.24, 2.45) is 0 Å². The van der Waals surface area contributed by atoms with Crippen molar-refractivity contribution in [2.45, 2.75) is 6.92 Å². The number of carbonyl (C=O) groups is 1. The number of aromatic nitrogens is 3. The maximum atomic E-state index is 12.2. The van der Waals surface area contributed by atoms with Gasteiger partial charge in [-0.2, -0.15) is 5.10 Å². The molecule has 0 fully saturated rings. The Balaban J connectivity index is 2.03. The molecule has 18 heavy (non-hydrogen) atoms. The van der Waals surface area contributed by atoms with Crippen LogP contribution in [0.1, 0.15) is 16.1 Å². The van der Waals surface area contributed by atoms with Crippen molar-refractivity contribution in [3.8, 4) is 0 Å². The second-order valence-electron chi connectivity index (χ2n) is 4.11. The lowest BCUT2D eigenvalue weighted by molar-refractivity contribution is 0.102. The number of nitrogens with one attached hydrogen (secondary N) is 3. The number of fused-ring (bicyclic) bond motifs is 1. The minimum Gasteiger partial charge on any atom is -0.358 e. The number of anilines is 1. The molecule has 2 heterocycles. The van der Waals surface area contributed by atoms with Crippen molar-refractivity contribution in [1.82, 2.24) is 15.2 Å². The monoisotopic (exact) mass is 240 g/mol. The Hall–Kier alpha value is -2.56. The van der Waals surface area contributed by atoms with E-state index in [4.69, 9.17) is 0 Å². The summed E-state index contributed by atoms with van der Waals surface area (Å²) in [6, 6.07) is 7.75. The summed E-state index contributed by atoms with van der Waals surface area (Å²) in [6.07, 6.45) is 3.21. The first-order valence-corrected chi connectivity index (χ1v) is 5.63. The summed E-state index contributed by atoms with van der Waals surface area (Å²) < 4.78 is 0. The van der Waals surface area contributed by atoms with Crippen LogP contribution in [0.4, 0.5) is 5.69 Å². The number of hydrogen-bond acceptors (Lipinski definition) is 2. The molecular formula is C13H12N4O. The number of carbonyl (C=O) groups excluding carboxylic acids is 1. The summed E-state index contributed by atoms with van der Waals surface area (Å²) in [5.41, 5.74) is 3.15. The van der Waals surface area contributed by atoms with Crippen LogP contribution in [0.15, 0.2) is 36.7 Å². The number of H-pyrrole nitrogens is 2. The molecule has 0 spiro atoms. The fourth-order valence-corrected chi connectivity index (χ4v) is 2.08. The van der Waals surface area contributed by atoms with E-state index in [1.807, 2.05) is 31.2 Å². The maximum absolute atomic E-state index is 12.2. The predicted molar refractivity (Wildman–Crippen MR) is 69.6 cm³/mol. The van der Waals surface area contributed by atoms with Crippen LogP contribution in [0.25, 0.3) is 10.9 Å².